The Hall–Kier alpha value is 2.72. The lowest BCUT2D eigenvalue weighted by molar-refractivity contribution is -0.108. The van der Waals surface area contributed by atoms with E-state index in [1.807, 2.05) is 6.92 Å². The summed E-state index contributed by atoms with van der Waals surface area (Å²) in [5.74, 6) is 3.55. The van der Waals surface area contributed by atoms with Crippen molar-refractivity contribution in [2.45, 2.75) is 125 Å². The summed E-state index contributed by atoms with van der Waals surface area (Å²) < 4.78 is 1.93. The number of halogens is 5. The third kappa shape index (κ3) is 30.7. The van der Waals surface area contributed by atoms with Crippen LogP contribution in [0.25, 0.3) is 0 Å². The monoisotopic (exact) mass is 1130 g/mol. The number of alkyl halides is 5. The molecule has 2 saturated carbocycles. The number of hydrogen-bond acceptors (Lipinski definition) is 3. The van der Waals surface area contributed by atoms with Crippen LogP contribution in [-0.2, 0) is 4.79 Å². The van der Waals surface area contributed by atoms with Gasteiger partial charge in [-0.3, -0.25) is 0 Å². The Morgan fingerprint density at radius 2 is 1.35 bits per heavy atom. The van der Waals surface area contributed by atoms with E-state index in [0.717, 1.165) is 49.8 Å². The number of aldehydes is 1. The zero-order valence-electron chi connectivity index (χ0n) is 26.3. The number of carbonyl (C=O) groups is 1. The van der Waals surface area contributed by atoms with Gasteiger partial charge in [0.15, 0.2) is 0 Å². The highest BCUT2D eigenvalue weighted by Crippen LogP contribution is 2.33. The lowest BCUT2D eigenvalue weighted by atomic mass is 9.75. The summed E-state index contributed by atoms with van der Waals surface area (Å²) >= 11 is 11.5. The van der Waals surface area contributed by atoms with Gasteiger partial charge in [-0.1, -0.05) is 178 Å². The Kier molecular flexibility index (Phi) is 35.8. The third-order valence-corrected chi connectivity index (χ3v) is 7.41. The lowest BCUT2D eigenvalue weighted by Crippen LogP contribution is -2.31. The summed E-state index contributed by atoms with van der Waals surface area (Å²) in [5.41, 5.74) is 2.51. The van der Waals surface area contributed by atoms with Gasteiger partial charge in [0, 0.05) is 12.3 Å². The standard InChI is InChI=1S/C10H20O.2C10H18O.CHI3.CH2I2/c2*1-7(2)9-5-4-8(3)6-10(9)11;1-9(2)5-4-6-10(3)7-8-11;2-1(3)4;2-1-3/h7-11H,4-6H2,1-3H3;8-11H,1,4-6H2,2-3H3;5,8,10H,4,6-7H2,1-3H3;1H;1H2/t8-,9+,10-;8-,9?,10-;10-;;/m111../s1. The molecule has 2 N–H and O–H groups in total. The average Bonchev–Trinajstić information content (AvgIpc) is 2.79. The van der Waals surface area contributed by atoms with Gasteiger partial charge in [-0.2, -0.15) is 0 Å². The summed E-state index contributed by atoms with van der Waals surface area (Å²) in [7, 11) is 0. The summed E-state index contributed by atoms with van der Waals surface area (Å²) in [6.07, 6.45) is 12.9. The van der Waals surface area contributed by atoms with Crippen molar-refractivity contribution in [3.8, 4) is 0 Å². The van der Waals surface area contributed by atoms with E-state index in [9.17, 15) is 15.0 Å². The van der Waals surface area contributed by atoms with Gasteiger partial charge < -0.3 is 15.0 Å². The summed E-state index contributed by atoms with van der Waals surface area (Å²) in [6.45, 7) is 21.1. The molecule has 240 valence electrons. The maximum Gasteiger partial charge on any atom is 0.120 e. The molecule has 3 nitrogen and oxygen atoms in total. The maximum atomic E-state index is 10.1. The third-order valence-electron chi connectivity index (χ3n) is 7.41. The number of hydrogen-bond donors (Lipinski definition) is 2. The van der Waals surface area contributed by atoms with Crippen LogP contribution in [0.4, 0.5) is 0 Å². The van der Waals surface area contributed by atoms with Gasteiger partial charge >= 0.3 is 0 Å². The molecule has 0 aromatic rings. The van der Waals surface area contributed by atoms with Crippen molar-refractivity contribution in [3.05, 3.63) is 23.8 Å². The number of carbonyl (C=O) groups excluding carboxylic acids is 1. The first-order chi connectivity index (χ1) is 18.5. The van der Waals surface area contributed by atoms with Gasteiger partial charge in [0.05, 0.1) is 14.6 Å². The number of rotatable bonds is 7. The Morgan fingerprint density at radius 1 is 0.900 bits per heavy atom. The smallest absolute Gasteiger partial charge is 0.120 e. The van der Waals surface area contributed by atoms with Crippen LogP contribution < -0.4 is 0 Å². The molecule has 2 fully saturated rings. The van der Waals surface area contributed by atoms with Gasteiger partial charge in [-0.15, -0.1) is 0 Å². The Bertz CT molecular complexity index is 635. The molecule has 0 aliphatic heterocycles. The molecule has 1 unspecified atom stereocenters. The van der Waals surface area contributed by atoms with Crippen molar-refractivity contribution in [3.63, 3.8) is 0 Å². The second kappa shape index (κ2) is 30.4. The van der Waals surface area contributed by atoms with Crippen LogP contribution in [-0.4, -0.2) is 31.1 Å². The molecular formula is C32H59I5O3. The molecule has 0 heterocycles. The normalized spacial score (nSPS) is 26.2. The van der Waals surface area contributed by atoms with Gasteiger partial charge in [-0.25, -0.2) is 0 Å². The first-order valence-corrected chi connectivity index (χ1v) is 21.4. The molecule has 0 radical (unpaired) electrons. The number of aliphatic hydroxyl groups excluding tert-OH is 2. The first kappa shape index (κ1) is 47.1. The second-order valence-corrected chi connectivity index (χ2v) is 27.4. The maximum absolute atomic E-state index is 10.1. The minimum absolute atomic E-state index is 0.0289. The summed E-state index contributed by atoms with van der Waals surface area (Å²) in [6, 6.07) is 0. The van der Waals surface area contributed by atoms with E-state index in [2.05, 4.69) is 174 Å². The Morgan fingerprint density at radius 3 is 1.70 bits per heavy atom. The molecule has 2 rings (SSSR count). The van der Waals surface area contributed by atoms with Crippen molar-refractivity contribution in [1.29, 1.82) is 0 Å². The SMILES string of the molecule is C=C(C)C1CC[C@@H](C)C[C@H]1O.CC(C)=CCC[C@@H](C)CC=O.CC(C)[C@@H]1CC[C@@H](C)C[C@H]1O.IC(I)I.ICI. The number of allylic oxidation sites excluding steroid dienone is 2. The molecule has 7 atom stereocenters. The quantitative estimate of drug-likeness (QED) is 0.116. The molecule has 0 saturated heterocycles. The van der Waals surface area contributed by atoms with Crippen LogP contribution in [0, 0.1) is 35.5 Å². The fourth-order valence-electron chi connectivity index (χ4n) is 5.02. The zero-order chi connectivity index (χ0) is 31.8. The van der Waals surface area contributed by atoms with Crippen molar-refractivity contribution in [1.82, 2.24) is 0 Å². The highest BCUT2D eigenvalue weighted by atomic mass is 127. The largest absolute Gasteiger partial charge is 0.393 e. The predicted octanol–water partition coefficient (Wildman–Crippen LogP) is 12.1. The lowest BCUT2D eigenvalue weighted by Gasteiger charge is -2.33. The molecular weight excluding hydrogens is 1070 g/mol. The van der Waals surface area contributed by atoms with Crippen molar-refractivity contribution in [2.75, 3.05) is 2.43 Å². The molecule has 2 aliphatic rings. The Labute approximate surface area is 317 Å². The molecule has 0 aromatic heterocycles. The van der Waals surface area contributed by atoms with Gasteiger partial charge in [0.25, 0.3) is 0 Å². The number of aliphatic hydroxyl groups is 2. The Balaban J connectivity index is -0.000000459. The molecule has 2 aliphatic carbocycles. The summed E-state index contributed by atoms with van der Waals surface area (Å²) in [4.78, 5) is 10.1. The highest BCUT2D eigenvalue weighted by molar-refractivity contribution is 14.3. The van der Waals surface area contributed by atoms with E-state index in [1.165, 1.54) is 27.3 Å². The minimum Gasteiger partial charge on any atom is -0.393 e. The minimum atomic E-state index is -0.128. The molecule has 40 heavy (non-hydrogen) atoms. The van der Waals surface area contributed by atoms with E-state index in [0.29, 0.717) is 36.0 Å². The van der Waals surface area contributed by atoms with Gasteiger partial charge in [0.2, 0.25) is 0 Å². The summed E-state index contributed by atoms with van der Waals surface area (Å²) in [5, 5.41) is 19.4. The van der Waals surface area contributed by atoms with E-state index in [1.54, 1.807) is 0 Å². The van der Waals surface area contributed by atoms with Crippen LogP contribution in [0.15, 0.2) is 23.8 Å². The first-order valence-electron chi connectivity index (χ1n) is 14.7. The topological polar surface area (TPSA) is 57.5 Å². The van der Waals surface area contributed by atoms with Crippen LogP contribution in [0.3, 0.4) is 0 Å². The highest BCUT2D eigenvalue weighted by Gasteiger charge is 2.29. The average molecular weight is 1130 g/mol. The van der Waals surface area contributed by atoms with Crippen LogP contribution in [0.2, 0.25) is 0 Å². The van der Waals surface area contributed by atoms with Crippen molar-refractivity contribution < 1.29 is 15.0 Å². The van der Waals surface area contributed by atoms with E-state index >= 15 is 0 Å². The van der Waals surface area contributed by atoms with E-state index in [4.69, 9.17) is 0 Å². The molecule has 0 amide bonds. The molecule has 0 aromatic carbocycles. The zero-order valence-corrected chi connectivity index (χ0v) is 37.1. The van der Waals surface area contributed by atoms with Crippen molar-refractivity contribution >= 4 is 119 Å². The van der Waals surface area contributed by atoms with Crippen molar-refractivity contribution in [2.24, 2.45) is 35.5 Å². The van der Waals surface area contributed by atoms with E-state index < -0.39 is 0 Å². The molecule has 8 heteroatoms. The fraction of sp³-hybridized carbons (Fsp3) is 0.844. The van der Waals surface area contributed by atoms with Gasteiger partial charge in [0.1, 0.15) is 6.22 Å². The molecule has 0 spiro atoms. The second-order valence-electron chi connectivity index (χ2n) is 12.0. The van der Waals surface area contributed by atoms with Gasteiger partial charge in [-0.05, 0) is 95.3 Å². The molecule has 0 bridgehead atoms. The predicted molar refractivity (Wildman–Crippen MR) is 222 cm³/mol. The van der Waals surface area contributed by atoms with Crippen LogP contribution in [0.1, 0.15) is 113 Å². The van der Waals surface area contributed by atoms with Crippen LogP contribution in [0.5, 0.6) is 0 Å². The fourth-order valence-corrected chi connectivity index (χ4v) is 5.02. The van der Waals surface area contributed by atoms with E-state index in [-0.39, 0.29) is 12.2 Å². The van der Waals surface area contributed by atoms with Crippen LogP contribution >= 0.6 is 113 Å².